The molecular formula is C23H25N3O4. The van der Waals surface area contributed by atoms with Crippen LogP contribution in [-0.2, 0) is 6.42 Å². The van der Waals surface area contributed by atoms with E-state index in [1.807, 2.05) is 29.2 Å². The van der Waals surface area contributed by atoms with E-state index in [0.29, 0.717) is 30.3 Å². The summed E-state index contributed by atoms with van der Waals surface area (Å²) < 4.78 is 16.6. The largest absolute Gasteiger partial charge is 0.496 e. The van der Waals surface area contributed by atoms with Crippen LogP contribution in [0.3, 0.4) is 0 Å². The Balaban J connectivity index is 1.53. The number of rotatable bonds is 6. The van der Waals surface area contributed by atoms with Crippen molar-refractivity contribution < 1.29 is 18.7 Å². The van der Waals surface area contributed by atoms with Gasteiger partial charge < -0.3 is 18.8 Å². The third kappa shape index (κ3) is 4.15. The molecule has 0 spiro atoms. The number of carbonyl (C=O) groups excluding carboxylic acids is 1. The lowest BCUT2D eigenvalue weighted by atomic mass is 10.0. The number of ether oxygens (including phenoxy) is 2. The second-order valence-corrected chi connectivity index (χ2v) is 7.25. The second kappa shape index (κ2) is 8.98. The first-order valence-electron chi connectivity index (χ1n) is 10.1. The van der Waals surface area contributed by atoms with Crippen LogP contribution in [0.4, 0.5) is 0 Å². The molecule has 1 aliphatic rings. The number of carbonyl (C=O) groups is 1. The molecule has 0 unspecified atom stereocenters. The Hall–Kier alpha value is -3.35. The maximum absolute atomic E-state index is 13.1. The summed E-state index contributed by atoms with van der Waals surface area (Å²) in [4.78, 5) is 23.6. The summed E-state index contributed by atoms with van der Waals surface area (Å²) in [6, 6.07) is 11.1. The van der Waals surface area contributed by atoms with Crippen LogP contribution in [-0.4, -0.2) is 41.5 Å². The van der Waals surface area contributed by atoms with Crippen molar-refractivity contribution in [2.75, 3.05) is 20.8 Å². The first kappa shape index (κ1) is 19.9. The van der Waals surface area contributed by atoms with E-state index in [1.165, 1.54) is 0 Å². The molecule has 1 fully saturated rings. The number of amides is 1. The van der Waals surface area contributed by atoms with E-state index < -0.39 is 0 Å². The van der Waals surface area contributed by atoms with Crippen molar-refractivity contribution in [1.82, 2.24) is 14.9 Å². The van der Waals surface area contributed by atoms with Gasteiger partial charge in [-0.1, -0.05) is 18.2 Å². The average Bonchev–Trinajstić information content (AvgIpc) is 3.27. The normalized spacial score (nSPS) is 16.3. The molecule has 0 bridgehead atoms. The Kier molecular flexibility index (Phi) is 5.97. The number of methoxy groups -OCH3 is 2. The van der Waals surface area contributed by atoms with Crippen molar-refractivity contribution in [2.45, 2.75) is 31.7 Å². The van der Waals surface area contributed by atoms with Crippen LogP contribution < -0.4 is 9.47 Å². The Bertz CT molecular complexity index is 1000. The van der Waals surface area contributed by atoms with Gasteiger partial charge in [-0.3, -0.25) is 4.79 Å². The molecule has 3 heterocycles. The van der Waals surface area contributed by atoms with Gasteiger partial charge in [0.25, 0.3) is 5.91 Å². The van der Waals surface area contributed by atoms with Crippen molar-refractivity contribution in [3.8, 4) is 11.6 Å². The summed E-state index contributed by atoms with van der Waals surface area (Å²) in [6.07, 6.45) is 6.69. The molecule has 3 aromatic rings. The molecule has 2 aromatic heterocycles. The van der Waals surface area contributed by atoms with Crippen LogP contribution in [0.15, 0.2) is 53.2 Å². The number of oxazole rings is 1. The molecule has 156 valence electrons. The summed E-state index contributed by atoms with van der Waals surface area (Å²) in [6.45, 7) is 0.666. The zero-order valence-corrected chi connectivity index (χ0v) is 17.2. The molecule has 1 amide bonds. The van der Waals surface area contributed by atoms with Gasteiger partial charge in [-0.25, -0.2) is 9.97 Å². The number of hydrogen-bond acceptors (Lipinski definition) is 6. The van der Waals surface area contributed by atoms with Gasteiger partial charge in [0, 0.05) is 30.8 Å². The van der Waals surface area contributed by atoms with Crippen LogP contribution in [0.1, 0.15) is 52.9 Å². The zero-order valence-electron chi connectivity index (χ0n) is 17.2. The summed E-state index contributed by atoms with van der Waals surface area (Å²) in [5.41, 5.74) is 1.56. The monoisotopic (exact) mass is 407 g/mol. The standard InChI is InChI=1S/C23H25N3O4/c1-28-20-9-4-3-7-16(20)13-18-15-25-22(30-18)19-8-5-6-12-26(19)23(27)17-10-11-21(29-2)24-14-17/h3-4,7,9-11,14-15,19H,5-6,8,12-13H2,1-2H3/t19-/m1/s1. The smallest absolute Gasteiger partial charge is 0.256 e. The number of nitrogens with zero attached hydrogens (tertiary/aromatic N) is 3. The number of piperidine rings is 1. The number of pyridine rings is 1. The van der Waals surface area contributed by atoms with Gasteiger partial charge in [-0.15, -0.1) is 0 Å². The molecule has 1 saturated heterocycles. The minimum absolute atomic E-state index is 0.0701. The molecule has 7 heteroatoms. The van der Waals surface area contributed by atoms with Gasteiger partial charge in [0.05, 0.1) is 26.0 Å². The highest BCUT2D eigenvalue weighted by Gasteiger charge is 2.32. The van der Waals surface area contributed by atoms with Crippen LogP contribution in [0.25, 0.3) is 0 Å². The van der Waals surface area contributed by atoms with Crippen molar-refractivity contribution in [3.05, 3.63) is 71.6 Å². The lowest BCUT2D eigenvalue weighted by Gasteiger charge is -2.33. The SMILES string of the molecule is COc1ccc(C(=O)N2CCCC[C@@H]2c2ncc(Cc3ccccc3OC)o2)cn1. The lowest BCUT2D eigenvalue weighted by Crippen LogP contribution is -2.38. The zero-order chi connectivity index (χ0) is 20.9. The fraction of sp³-hybridized carbons (Fsp3) is 0.348. The van der Waals surface area contributed by atoms with Gasteiger partial charge >= 0.3 is 0 Å². The minimum atomic E-state index is -0.181. The number of benzene rings is 1. The van der Waals surface area contributed by atoms with Crippen LogP contribution in [0.2, 0.25) is 0 Å². The minimum Gasteiger partial charge on any atom is -0.496 e. The third-order valence-electron chi connectivity index (χ3n) is 5.37. The summed E-state index contributed by atoms with van der Waals surface area (Å²) in [7, 11) is 3.21. The van der Waals surface area contributed by atoms with Crippen molar-refractivity contribution in [1.29, 1.82) is 0 Å². The number of para-hydroxylation sites is 1. The summed E-state index contributed by atoms with van der Waals surface area (Å²) >= 11 is 0. The molecule has 1 atom stereocenters. The van der Waals surface area contributed by atoms with E-state index in [1.54, 1.807) is 38.7 Å². The Morgan fingerprint density at radius 2 is 1.97 bits per heavy atom. The highest BCUT2D eigenvalue weighted by atomic mass is 16.5. The molecular weight excluding hydrogens is 382 g/mol. The van der Waals surface area contributed by atoms with Crippen molar-refractivity contribution in [3.63, 3.8) is 0 Å². The van der Waals surface area contributed by atoms with E-state index in [2.05, 4.69) is 9.97 Å². The first-order valence-corrected chi connectivity index (χ1v) is 10.1. The van der Waals surface area contributed by atoms with E-state index in [9.17, 15) is 4.79 Å². The Morgan fingerprint density at radius 1 is 1.10 bits per heavy atom. The third-order valence-corrected chi connectivity index (χ3v) is 5.37. The Morgan fingerprint density at radius 3 is 2.73 bits per heavy atom. The average molecular weight is 407 g/mol. The second-order valence-electron chi connectivity index (χ2n) is 7.25. The number of aromatic nitrogens is 2. The first-order chi connectivity index (χ1) is 14.7. The maximum Gasteiger partial charge on any atom is 0.256 e. The highest BCUT2D eigenvalue weighted by Crippen LogP contribution is 2.32. The van der Waals surface area contributed by atoms with Gasteiger partial charge in [0.15, 0.2) is 0 Å². The lowest BCUT2D eigenvalue weighted by molar-refractivity contribution is 0.0569. The molecule has 0 aliphatic carbocycles. The van der Waals surface area contributed by atoms with Gasteiger partial charge in [0.1, 0.15) is 17.6 Å². The molecule has 0 saturated carbocycles. The van der Waals surface area contributed by atoms with Crippen LogP contribution in [0.5, 0.6) is 11.6 Å². The summed E-state index contributed by atoms with van der Waals surface area (Å²) in [5, 5.41) is 0. The highest BCUT2D eigenvalue weighted by molar-refractivity contribution is 5.94. The topological polar surface area (TPSA) is 77.7 Å². The number of hydrogen-bond donors (Lipinski definition) is 0. The van der Waals surface area contributed by atoms with Crippen molar-refractivity contribution >= 4 is 5.91 Å². The van der Waals surface area contributed by atoms with Gasteiger partial charge in [0.2, 0.25) is 11.8 Å². The van der Waals surface area contributed by atoms with E-state index in [4.69, 9.17) is 13.9 Å². The summed E-state index contributed by atoms with van der Waals surface area (Å²) in [5.74, 6) is 2.56. The molecule has 1 aliphatic heterocycles. The fourth-order valence-electron chi connectivity index (χ4n) is 3.82. The maximum atomic E-state index is 13.1. The molecule has 4 rings (SSSR count). The van der Waals surface area contributed by atoms with Crippen LogP contribution in [0, 0.1) is 0 Å². The Labute approximate surface area is 175 Å². The fourth-order valence-corrected chi connectivity index (χ4v) is 3.82. The van der Waals surface area contributed by atoms with Gasteiger partial charge in [-0.2, -0.15) is 0 Å². The van der Waals surface area contributed by atoms with Crippen LogP contribution >= 0.6 is 0 Å². The van der Waals surface area contributed by atoms with Gasteiger partial charge in [-0.05, 0) is 31.4 Å². The molecule has 7 nitrogen and oxygen atoms in total. The molecule has 30 heavy (non-hydrogen) atoms. The van der Waals surface area contributed by atoms with E-state index in [-0.39, 0.29) is 11.9 Å². The number of likely N-dealkylation sites (tertiary alicyclic amines) is 1. The molecule has 0 N–H and O–H groups in total. The quantitative estimate of drug-likeness (QED) is 0.614. The predicted octanol–water partition coefficient (Wildman–Crippen LogP) is 4.05. The predicted molar refractivity (Wildman–Crippen MR) is 111 cm³/mol. The van der Waals surface area contributed by atoms with E-state index >= 15 is 0 Å². The molecule has 0 radical (unpaired) electrons. The molecule has 1 aromatic carbocycles. The van der Waals surface area contributed by atoms with Crippen molar-refractivity contribution in [2.24, 2.45) is 0 Å². The van der Waals surface area contributed by atoms with E-state index in [0.717, 1.165) is 36.3 Å².